The zero-order valence-electron chi connectivity index (χ0n) is 19.0. The second-order valence-corrected chi connectivity index (χ2v) is 8.38. The molecule has 0 saturated carbocycles. The summed E-state index contributed by atoms with van der Waals surface area (Å²) in [6.07, 6.45) is 3.18. The molecule has 1 atom stereocenters. The molecule has 3 aromatic heterocycles. The SMILES string of the molecule is COc1ncc(-c2cc(C)c3c(N)ncnn23)cc1C(=O)NCC(C)(O)Cc1ccc(F)cc1. The summed E-state index contributed by atoms with van der Waals surface area (Å²) in [7, 11) is 1.42. The van der Waals surface area contributed by atoms with Gasteiger partial charge in [0.2, 0.25) is 5.88 Å². The van der Waals surface area contributed by atoms with E-state index in [1.165, 1.54) is 25.6 Å². The fourth-order valence-corrected chi connectivity index (χ4v) is 3.85. The van der Waals surface area contributed by atoms with Crippen LogP contribution in [0, 0.1) is 12.7 Å². The van der Waals surface area contributed by atoms with Crippen molar-refractivity contribution in [3.63, 3.8) is 0 Å². The molecule has 3 heterocycles. The number of aryl methyl sites for hydroxylation is 1. The Kier molecular flexibility index (Phi) is 6.16. The second kappa shape index (κ2) is 9.06. The first-order valence-corrected chi connectivity index (χ1v) is 10.6. The van der Waals surface area contributed by atoms with E-state index in [9.17, 15) is 14.3 Å². The standard InChI is InChI=1S/C24H25FN6O3/c1-14-8-19(31-20(14)21(26)29-13-30-31)16-9-18(23(34-3)27-11-16)22(32)28-12-24(2,33)10-15-4-6-17(25)7-5-15/h4-9,11,13,33H,10,12H2,1-3H3,(H,28,32)(H2,26,29,30). The average molecular weight is 465 g/mol. The highest BCUT2D eigenvalue weighted by atomic mass is 19.1. The van der Waals surface area contributed by atoms with Crippen LogP contribution in [0.5, 0.6) is 5.88 Å². The maximum absolute atomic E-state index is 13.1. The van der Waals surface area contributed by atoms with Gasteiger partial charge in [0, 0.05) is 24.7 Å². The third-order valence-corrected chi connectivity index (χ3v) is 5.49. The first-order valence-electron chi connectivity index (χ1n) is 10.6. The molecule has 4 rings (SSSR count). The lowest BCUT2D eigenvalue weighted by Crippen LogP contribution is -2.42. The third kappa shape index (κ3) is 4.67. The second-order valence-electron chi connectivity index (χ2n) is 8.38. The van der Waals surface area contributed by atoms with E-state index in [1.54, 1.807) is 35.8 Å². The molecule has 34 heavy (non-hydrogen) atoms. The monoisotopic (exact) mass is 464 g/mol. The number of benzene rings is 1. The number of amides is 1. The van der Waals surface area contributed by atoms with E-state index in [-0.39, 0.29) is 30.2 Å². The number of carbonyl (C=O) groups is 1. The number of hydrogen-bond donors (Lipinski definition) is 3. The number of halogens is 1. The summed E-state index contributed by atoms with van der Waals surface area (Å²) in [5.74, 6) is -0.318. The van der Waals surface area contributed by atoms with E-state index in [0.717, 1.165) is 11.1 Å². The Morgan fingerprint density at radius 2 is 2.00 bits per heavy atom. The molecule has 0 aliphatic heterocycles. The Hall–Kier alpha value is -4.05. The van der Waals surface area contributed by atoms with Crippen LogP contribution in [-0.4, -0.2) is 49.9 Å². The number of aliphatic hydroxyl groups is 1. The van der Waals surface area contributed by atoms with Gasteiger partial charge in [0.1, 0.15) is 23.2 Å². The van der Waals surface area contributed by atoms with Crippen LogP contribution in [0.25, 0.3) is 16.8 Å². The minimum Gasteiger partial charge on any atom is -0.480 e. The molecule has 9 nitrogen and oxygen atoms in total. The van der Waals surface area contributed by atoms with Gasteiger partial charge in [-0.05, 0) is 49.2 Å². The minimum absolute atomic E-state index is 0.0342. The van der Waals surface area contributed by atoms with Crippen molar-refractivity contribution in [3.8, 4) is 17.1 Å². The molecule has 176 valence electrons. The maximum atomic E-state index is 13.1. The Labute approximate surface area is 195 Å². The Balaban J connectivity index is 1.58. The third-order valence-electron chi connectivity index (χ3n) is 5.49. The van der Waals surface area contributed by atoms with Crippen molar-refractivity contribution in [1.29, 1.82) is 0 Å². The van der Waals surface area contributed by atoms with Gasteiger partial charge in [0.05, 0.1) is 18.4 Å². The van der Waals surface area contributed by atoms with Crippen LogP contribution in [0.4, 0.5) is 10.2 Å². The van der Waals surface area contributed by atoms with Crippen LogP contribution in [-0.2, 0) is 6.42 Å². The van der Waals surface area contributed by atoms with Crippen LogP contribution >= 0.6 is 0 Å². The van der Waals surface area contributed by atoms with E-state index < -0.39 is 11.5 Å². The van der Waals surface area contributed by atoms with E-state index in [1.807, 2.05) is 13.0 Å². The van der Waals surface area contributed by atoms with Gasteiger partial charge in [-0.3, -0.25) is 4.79 Å². The van der Waals surface area contributed by atoms with Crippen LogP contribution in [0.15, 0.2) is 48.9 Å². The summed E-state index contributed by atoms with van der Waals surface area (Å²) >= 11 is 0. The molecule has 0 aliphatic rings. The van der Waals surface area contributed by atoms with Crippen LogP contribution in [0.3, 0.4) is 0 Å². The zero-order valence-corrected chi connectivity index (χ0v) is 19.0. The number of ether oxygens (including phenoxy) is 1. The van der Waals surface area contributed by atoms with Crippen molar-refractivity contribution >= 4 is 17.2 Å². The van der Waals surface area contributed by atoms with E-state index in [0.29, 0.717) is 22.6 Å². The highest BCUT2D eigenvalue weighted by Crippen LogP contribution is 2.29. The normalized spacial score (nSPS) is 13.0. The molecule has 1 aromatic carbocycles. The highest BCUT2D eigenvalue weighted by Gasteiger charge is 2.24. The maximum Gasteiger partial charge on any atom is 0.256 e. The molecule has 1 unspecified atom stereocenters. The lowest BCUT2D eigenvalue weighted by molar-refractivity contribution is 0.0551. The summed E-state index contributed by atoms with van der Waals surface area (Å²) in [4.78, 5) is 21.3. The lowest BCUT2D eigenvalue weighted by Gasteiger charge is -2.24. The van der Waals surface area contributed by atoms with Crippen LogP contribution < -0.4 is 15.8 Å². The summed E-state index contributed by atoms with van der Waals surface area (Å²) in [5.41, 5.74) is 8.57. The van der Waals surface area contributed by atoms with Gasteiger partial charge in [-0.2, -0.15) is 5.10 Å². The van der Waals surface area contributed by atoms with Gasteiger partial charge in [-0.15, -0.1) is 0 Å². The van der Waals surface area contributed by atoms with E-state index >= 15 is 0 Å². The Morgan fingerprint density at radius 3 is 2.71 bits per heavy atom. The van der Waals surface area contributed by atoms with Crippen molar-refractivity contribution in [2.45, 2.75) is 25.9 Å². The van der Waals surface area contributed by atoms with Crippen molar-refractivity contribution < 1.29 is 19.0 Å². The first kappa shape index (κ1) is 23.1. The number of nitrogens with one attached hydrogen (secondary N) is 1. The van der Waals surface area contributed by atoms with Gasteiger partial charge in [0.25, 0.3) is 5.91 Å². The smallest absolute Gasteiger partial charge is 0.256 e. The van der Waals surface area contributed by atoms with Crippen molar-refractivity contribution in [3.05, 3.63) is 71.4 Å². The molecule has 0 spiro atoms. The number of aromatic nitrogens is 4. The topological polar surface area (TPSA) is 128 Å². The number of fused-ring (bicyclic) bond motifs is 1. The van der Waals surface area contributed by atoms with Gasteiger partial charge in [-0.1, -0.05) is 12.1 Å². The Bertz CT molecular complexity index is 1350. The molecule has 1 amide bonds. The largest absolute Gasteiger partial charge is 0.480 e. The van der Waals surface area contributed by atoms with E-state index in [4.69, 9.17) is 10.5 Å². The summed E-state index contributed by atoms with van der Waals surface area (Å²) in [5, 5.41) is 17.8. The summed E-state index contributed by atoms with van der Waals surface area (Å²) in [6.45, 7) is 3.46. The highest BCUT2D eigenvalue weighted by molar-refractivity contribution is 5.97. The Morgan fingerprint density at radius 1 is 1.26 bits per heavy atom. The number of pyridine rings is 1. The van der Waals surface area contributed by atoms with E-state index in [2.05, 4.69) is 20.4 Å². The quantitative estimate of drug-likeness (QED) is 0.383. The summed E-state index contributed by atoms with van der Waals surface area (Å²) in [6, 6.07) is 9.40. The average Bonchev–Trinajstić information content (AvgIpc) is 3.16. The number of carbonyl (C=O) groups excluding carboxylic acids is 1. The van der Waals surface area contributed by atoms with Crippen molar-refractivity contribution in [2.24, 2.45) is 0 Å². The number of hydrogen-bond acceptors (Lipinski definition) is 7. The number of rotatable bonds is 7. The van der Waals surface area contributed by atoms with Gasteiger partial charge in [-0.25, -0.2) is 18.9 Å². The van der Waals surface area contributed by atoms with Crippen LogP contribution in [0.2, 0.25) is 0 Å². The minimum atomic E-state index is -1.25. The molecular weight excluding hydrogens is 439 g/mol. The van der Waals surface area contributed by atoms with Gasteiger partial charge in [0.15, 0.2) is 5.82 Å². The van der Waals surface area contributed by atoms with Crippen LogP contribution in [0.1, 0.15) is 28.4 Å². The molecular formula is C24H25FN6O3. The summed E-state index contributed by atoms with van der Waals surface area (Å²) < 4.78 is 20.1. The van der Waals surface area contributed by atoms with Gasteiger partial charge >= 0.3 is 0 Å². The molecule has 4 N–H and O–H groups in total. The molecule has 0 fully saturated rings. The predicted molar refractivity (Wildman–Crippen MR) is 125 cm³/mol. The van der Waals surface area contributed by atoms with Crippen molar-refractivity contribution in [2.75, 3.05) is 19.4 Å². The fraction of sp³-hybridized carbons (Fsp3) is 0.250. The fourth-order valence-electron chi connectivity index (χ4n) is 3.85. The van der Waals surface area contributed by atoms with Crippen molar-refractivity contribution in [1.82, 2.24) is 24.9 Å². The number of nitrogens with zero attached hydrogens (tertiary/aromatic N) is 4. The zero-order chi connectivity index (χ0) is 24.5. The molecule has 0 radical (unpaired) electrons. The number of methoxy groups -OCH3 is 1. The number of nitrogens with two attached hydrogens (primary N) is 1. The number of anilines is 1. The molecule has 10 heteroatoms. The lowest BCUT2D eigenvalue weighted by atomic mass is 9.96. The molecule has 0 bridgehead atoms. The molecule has 0 aliphatic carbocycles. The molecule has 4 aromatic rings. The predicted octanol–water partition coefficient (Wildman–Crippen LogP) is 2.55. The van der Waals surface area contributed by atoms with Gasteiger partial charge < -0.3 is 20.9 Å². The number of nitrogen functional groups attached to an aromatic ring is 1. The first-order chi connectivity index (χ1) is 16.2. The molecule has 0 saturated heterocycles.